The van der Waals surface area contributed by atoms with Crippen LogP contribution in [0.15, 0.2) is 84.0 Å². The van der Waals surface area contributed by atoms with Gasteiger partial charge in [0.2, 0.25) is 0 Å². The lowest BCUT2D eigenvalue weighted by molar-refractivity contribution is -0.136. The molecule has 0 fully saturated rings. The first-order valence-corrected chi connectivity index (χ1v) is 10.1. The van der Waals surface area contributed by atoms with Gasteiger partial charge in [0.05, 0.1) is 0 Å². The average molecular weight is 418 g/mol. The highest BCUT2D eigenvalue weighted by atomic mass is 16.6. The van der Waals surface area contributed by atoms with E-state index < -0.39 is 5.97 Å². The molecule has 0 amide bonds. The van der Waals surface area contributed by atoms with E-state index in [4.69, 9.17) is 14.7 Å². The van der Waals surface area contributed by atoms with Gasteiger partial charge in [0, 0.05) is 24.2 Å². The zero-order valence-electron chi connectivity index (χ0n) is 17.5. The van der Waals surface area contributed by atoms with Crippen LogP contribution in [0, 0.1) is 0 Å². The molecule has 31 heavy (non-hydrogen) atoms. The topological polar surface area (TPSA) is 80.2 Å². The molecule has 160 valence electrons. The second-order valence-electron chi connectivity index (χ2n) is 6.97. The maximum atomic E-state index is 10.7. The highest BCUT2D eigenvalue weighted by molar-refractivity contribution is 6.01. The minimum Gasteiger partial charge on any atom is -0.487 e. The first kappa shape index (κ1) is 21.9. The lowest BCUT2D eigenvalue weighted by atomic mass is 10.1. The van der Waals surface area contributed by atoms with E-state index in [-0.39, 0.29) is 6.42 Å². The van der Waals surface area contributed by atoms with Gasteiger partial charge in [-0.3, -0.25) is 4.79 Å². The van der Waals surface area contributed by atoms with Crippen LogP contribution in [-0.2, 0) is 22.6 Å². The van der Waals surface area contributed by atoms with E-state index in [1.54, 1.807) is 0 Å². The van der Waals surface area contributed by atoms with Crippen molar-refractivity contribution in [1.82, 2.24) is 0 Å². The van der Waals surface area contributed by atoms with Crippen molar-refractivity contribution in [2.75, 3.05) is 19.0 Å². The van der Waals surface area contributed by atoms with Crippen molar-refractivity contribution in [3.05, 3.63) is 95.6 Å². The average Bonchev–Trinajstić information content (AvgIpc) is 2.80. The zero-order chi connectivity index (χ0) is 21.9. The molecule has 0 atom stereocenters. The third-order valence-corrected chi connectivity index (χ3v) is 4.66. The van der Waals surface area contributed by atoms with Gasteiger partial charge in [-0.15, -0.1) is 0 Å². The molecule has 2 N–H and O–H groups in total. The van der Waals surface area contributed by atoms with Crippen molar-refractivity contribution in [2.24, 2.45) is 5.16 Å². The zero-order valence-corrected chi connectivity index (χ0v) is 17.5. The van der Waals surface area contributed by atoms with Crippen molar-refractivity contribution >= 4 is 17.4 Å². The maximum Gasteiger partial charge on any atom is 0.303 e. The minimum absolute atomic E-state index is 0.140. The summed E-state index contributed by atoms with van der Waals surface area (Å²) in [5.74, 6) is -0.0308. The smallest absolute Gasteiger partial charge is 0.303 e. The number of hydrogen-bond donors (Lipinski definition) is 2. The third kappa shape index (κ3) is 7.19. The van der Waals surface area contributed by atoms with E-state index in [0.29, 0.717) is 19.6 Å². The normalized spacial score (nSPS) is 11.1. The number of nitrogens with zero attached hydrogens (tertiary/aromatic N) is 1. The summed E-state index contributed by atoms with van der Waals surface area (Å²) in [6.07, 6.45) is 0.674. The van der Waals surface area contributed by atoms with E-state index >= 15 is 0 Å². The van der Waals surface area contributed by atoms with Crippen LogP contribution in [0.5, 0.6) is 5.75 Å². The minimum atomic E-state index is -0.784. The molecule has 0 aliphatic rings. The van der Waals surface area contributed by atoms with Crippen LogP contribution in [-0.4, -0.2) is 30.5 Å². The van der Waals surface area contributed by atoms with E-state index in [1.165, 1.54) is 7.11 Å². The first-order chi connectivity index (χ1) is 15.1. The maximum absolute atomic E-state index is 10.7. The number of oxime groups is 1. The number of aryl methyl sites for hydroxylation is 1. The van der Waals surface area contributed by atoms with E-state index in [1.807, 2.05) is 78.9 Å². The standard InChI is InChI=1S/C25H26N2O4/c1-30-27-24(21-7-3-2-4-8-21)18-31-23-9-5-6-20(16-23)17-26-22-13-10-19(11-14-22)12-15-25(28)29/h2-11,13-14,16,26H,12,15,17-18H2,1H3,(H,28,29)/b27-24+. The number of benzene rings is 3. The number of anilines is 1. The lowest BCUT2D eigenvalue weighted by Crippen LogP contribution is -2.13. The van der Waals surface area contributed by atoms with E-state index in [9.17, 15) is 4.79 Å². The molecule has 3 aromatic carbocycles. The predicted molar refractivity (Wildman–Crippen MR) is 122 cm³/mol. The molecule has 3 rings (SSSR count). The van der Waals surface area contributed by atoms with Crippen molar-refractivity contribution < 1.29 is 19.5 Å². The third-order valence-electron chi connectivity index (χ3n) is 4.66. The number of hydrogen-bond acceptors (Lipinski definition) is 5. The molecule has 0 unspecified atom stereocenters. The monoisotopic (exact) mass is 418 g/mol. The predicted octanol–water partition coefficient (Wildman–Crippen LogP) is 4.75. The molecule has 0 radical (unpaired) electrons. The van der Waals surface area contributed by atoms with E-state index in [0.717, 1.165) is 33.8 Å². The molecule has 0 aliphatic carbocycles. The molecular weight excluding hydrogens is 392 g/mol. The second-order valence-corrected chi connectivity index (χ2v) is 6.97. The number of rotatable bonds is 11. The summed E-state index contributed by atoms with van der Waals surface area (Å²) in [7, 11) is 1.52. The Morgan fingerprint density at radius 3 is 2.45 bits per heavy atom. The van der Waals surface area contributed by atoms with Gasteiger partial charge in [0.15, 0.2) is 0 Å². The van der Waals surface area contributed by atoms with Crippen LogP contribution in [0.1, 0.15) is 23.1 Å². The van der Waals surface area contributed by atoms with Gasteiger partial charge in [0.25, 0.3) is 0 Å². The fraction of sp³-hybridized carbons (Fsp3) is 0.200. The summed E-state index contributed by atoms with van der Waals surface area (Å²) >= 11 is 0. The summed E-state index contributed by atoms with van der Waals surface area (Å²) in [5.41, 5.74) is 4.74. The molecule has 3 aromatic rings. The van der Waals surface area contributed by atoms with Gasteiger partial charge in [0.1, 0.15) is 25.2 Å². The molecule has 0 heterocycles. The van der Waals surface area contributed by atoms with Crippen molar-refractivity contribution in [1.29, 1.82) is 0 Å². The van der Waals surface area contributed by atoms with Gasteiger partial charge >= 0.3 is 5.97 Å². The molecule has 0 saturated carbocycles. The number of carbonyl (C=O) groups is 1. The summed E-state index contributed by atoms with van der Waals surface area (Å²) in [5, 5.41) is 16.2. The number of carboxylic acids is 1. The van der Waals surface area contributed by atoms with Crippen LogP contribution in [0.3, 0.4) is 0 Å². The Morgan fingerprint density at radius 1 is 0.968 bits per heavy atom. The molecule has 6 heteroatoms. The summed E-state index contributed by atoms with van der Waals surface area (Å²) < 4.78 is 5.94. The Labute approximate surface area is 182 Å². The Morgan fingerprint density at radius 2 is 1.74 bits per heavy atom. The molecular formula is C25H26N2O4. The number of carboxylic acid groups (broad SMARTS) is 1. The number of aliphatic carboxylic acids is 1. The quantitative estimate of drug-likeness (QED) is 0.347. The van der Waals surface area contributed by atoms with Crippen LogP contribution in [0.25, 0.3) is 0 Å². The van der Waals surface area contributed by atoms with Gasteiger partial charge < -0.3 is 20.0 Å². The van der Waals surface area contributed by atoms with Crippen LogP contribution >= 0.6 is 0 Å². The van der Waals surface area contributed by atoms with E-state index in [2.05, 4.69) is 10.5 Å². The van der Waals surface area contributed by atoms with Crippen LogP contribution in [0.4, 0.5) is 5.69 Å². The summed E-state index contributed by atoms with van der Waals surface area (Å²) in [6, 6.07) is 25.5. The van der Waals surface area contributed by atoms with Gasteiger partial charge in [-0.05, 0) is 41.8 Å². The molecule has 0 aromatic heterocycles. The molecule has 0 aliphatic heterocycles. The summed E-state index contributed by atoms with van der Waals surface area (Å²) in [4.78, 5) is 15.6. The van der Waals surface area contributed by atoms with Gasteiger partial charge in [-0.2, -0.15) is 0 Å². The fourth-order valence-corrected chi connectivity index (χ4v) is 3.04. The second kappa shape index (κ2) is 11.4. The lowest BCUT2D eigenvalue weighted by Gasteiger charge is -2.11. The Bertz CT molecular complexity index is 1000. The van der Waals surface area contributed by atoms with Crippen molar-refractivity contribution in [3.8, 4) is 5.75 Å². The summed E-state index contributed by atoms with van der Waals surface area (Å²) in [6.45, 7) is 0.940. The highest BCUT2D eigenvalue weighted by Crippen LogP contribution is 2.17. The Balaban J connectivity index is 1.55. The highest BCUT2D eigenvalue weighted by Gasteiger charge is 2.06. The molecule has 0 spiro atoms. The molecule has 0 saturated heterocycles. The van der Waals surface area contributed by atoms with Crippen LogP contribution < -0.4 is 10.1 Å². The number of ether oxygens (including phenoxy) is 1. The number of nitrogens with one attached hydrogen (secondary N) is 1. The van der Waals surface area contributed by atoms with Crippen LogP contribution in [0.2, 0.25) is 0 Å². The van der Waals surface area contributed by atoms with Crippen molar-refractivity contribution in [2.45, 2.75) is 19.4 Å². The first-order valence-electron chi connectivity index (χ1n) is 10.1. The molecule has 0 bridgehead atoms. The Hall–Kier alpha value is -3.80. The Kier molecular flexibility index (Phi) is 8.05. The molecule has 6 nitrogen and oxygen atoms in total. The largest absolute Gasteiger partial charge is 0.487 e. The fourth-order valence-electron chi connectivity index (χ4n) is 3.04. The van der Waals surface area contributed by atoms with Crippen molar-refractivity contribution in [3.63, 3.8) is 0 Å². The van der Waals surface area contributed by atoms with Gasteiger partial charge in [-0.25, -0.2) is 0 Å². The van der Waals surface area contributed by atoms with Gasteiger partial charge in [-0.1, -0.05) is 59.8 Å². The SMILES string of the molecule is CO/N=C(\COc1cccc(CNc2ccc(CCC(=O)O)cc2)c1)c1ccccc1.